The number of nitrogen functional groups attached to an aromatic ring is 1. The molecule has 1 aromatic heterocycles. The Labute approximate surface area is 109 Å². The van der Waals surface area contributed by atoms with E-state index in [-0.39, 0.29) is 22.0 Å². The molecule has 3 N–H and O–H groups in total. The van der Waals surface area contributed by atoms with Crippen LogP contribution in [0.25, 0.3) is 0 Å². The van der Waals surface area contributed by atoms with Gasteiger partial charge in [0, 0.05) is 17.3 Å². The molecule has 0 aliphatic carbocycles. The number of nitrogens with one attached hydrogen (secondary N) is 1. The smallest absolute Gasteiger partial charge is 0.264 e. The average Bonchev–Trinajstić information content (AvgIpc) is 2.70. The number of nitrogens with zero attached hydrogens (tertiary/aromatic N) is 1. The van der Waals surface area contributed by atoms with Gasteiger partial charge >= 0.3 is 0 Å². The first-order valence-electron chi connectivity index (χ1n) is 5.31. The van der Waals surface area contributed by atoms with Gasteiger partial charge in [-0.15, -0.1) is 0 Å². The molecule has 2 rings (SSSR count). The van der Waals surface area contributed by atoms with E-state index >= 15 is 0 Å². The third-order valence-electron chi connectivity index (χ3n) is 2.53. The zero-order valence-electron chi connectivity index (χ0n) is 10.3. The van der Waals surface area contributed by atoms with Crippen LogP contribution < -0.4 is 10.5 Å². The van der Waals surface area contributed by atoms with Crippen LogP contribution in [0.15, 0.2) is 27.6 Å². The minimum absolute atomic E-state index is 0.0444. The Bertz CT molecular complexity index is 702. The zero-order valence-corrected chi connectivity index (χ0v) is 11.1. The Hall–Kier alpha value is -2.09. The number of nitrogens with two attached hydrogens (primary N) is 1. The van der Waals surface area contributed by atoms with Crippen LogP contribution in [-0.2, 0) is 10.0 Å². The van der Waals surface area contributed by atoms with Crippen molar-refractivity contribution in [3.8, 4) is 0 Å². The first-order chi connectivity index (χ1) is 8.79. The highest BCUT2D eigenvalue weighted by molar-refractivity contribution is 7.92. The highest BCUT2D eigenvalue weighted by atomic mass is 32.2. The maximum absolute atomic E-state index is 13.5. The van der Waals surface area contributed by atoms with Crippen LogP contribution in [0.3, 0.4) is 0 Å². The Balaban J connectivity index is 2.40. The lowest BCUT2D eigenvalue weighted by Gasteiger charge is -2.08. The van der Waals surface area contributed by atoms with Crippen LogP contribution in [0.2, 0.25) is 0 Å². The van der Waals surface area contributed by atoms with Crippen LogP contribution in [0.1, 0.15) is 11.3 Å². The summed E-state index contributed by atoms with van der Waals surface area (Å²) >= 11 is 0. The fourth-order valence-corrected chi connectivity index (χ4v) is 2.45. The molecule has 0 aliphatic heterocycles. The van der Waals surface area contributed by atoms with Crippen LogP contribution in [0, 0.1) is 19.7 Å². The third-order valence-corrected chi connectivity index (χ3v) is 3.86. The Morgan fingerprint density at radius 1 is 1.32 bits per heavy atom. The summed E-state index contributed by atoms with van der Waals surface area (Å²) < 4.78 is 44.4. The van der Waals surface area contributed by atoms with Gasteiger partial charge in [0.05, 0.1) is 10.6 Å². The monoisotopic (exact) mass is 285 g/mol. The van der Waals surface area contributed by atoms with Gasteiger partial charge in [0.25, 0.3) is 10.0 Å². The first-order valence-corrected chi connectivity index (χ1v) is 6.79. The summed E-state index contributed by atoms with van der Waals surface area (Å²) in [7, 11) is -3.97. The van der Waals surface area contributed by atoms with E-state index in [1.54, 1.807) is 6.92 Å². The van der Waals surface area contributed by atoms with Gasteiger partial charge in [0.15, 0.2) is 0 Å². The summed E-state index contributed by atoms with van der Waals surface area (Å²) in [6.07, 6.45) is 0. The van der Waals surface area contributed by atoms with E-state index in [4.69, 9.17) is 10.3 Å². The summed E-state index contributed by atoms with van der Waals surface area (Å²) in [4.78, 5) is -0.276. The second kappa shape index (κ2) is 4.54. The summed E-state index contributed by atoms with van der Waals surface area (Å²) in [6, 6.07) is 3.49. The molecule has 0 saturated heterocycles. The SMILES string of the molecule is Cc1cc(NS(=O)(=O)c2cc(N)c(C)c(F)c2)on1. The minimum atomic E-state index is -3.97. The fraction of sp³-hybridized carbons (Fsp3) is 0.182. The van der Waals surface area contributed by atoms with E-state index in [0.29, 0.717) is 5.69 Å². The number of halogens is 1. The minimum Gasteiger partial charge on any atom is -0.398 e. The average molecular weight is 285 g/mol. The lowest BCUT2D eigenvalue weighted by molar-refractivity contribution is 0.430. The van der Waals surface area contributed by atoms with Gasteiger partial charge in [-0.05, 0) is 26.0 Å². The maximum atomic E-state index is 13.5. The number of benzene rings is 1. The molecular formula is C11H12FN3O3S. The zero-order chi connectivity index (χ0) is 14.2. The normalized spacial score (nSPS) is 11.5. The summed E-state index contributed by atoms with van der Waals surface area (Å²) in [5.74, 6) is -0.730. The highest BCUT2D eigenvalue weighted by Crippen LogP contribution is 2.23. The van der Waals surface area contributed by atoms with Crippen molar-refractivity contribution in [1.29, 1.82) is 0 Å². The summed E-state index contributed by atoms with van der Waals surface area (Å²) in [5, 5.41) is 3.54. The van der Waals surface area contributed by atoms with Crippen molar-refractivity contribution in [2.75, 3.05) is 10.5 Å². The van der Waals surface area contributed by atoms with Gasteiger partial charge in [-0.1, -0.05) is 5.16 Å². The second-order valence-corrected chi connectivity index (χ2v) is 5.74. The van der Waals surface area contributed by atoms with E-state index < -0.39 is 15.8 Å². The Morgan fingerprint density at radius 2 is 2.00 bits per heavy atom. The molecule has 0 saturated carbocycles. The summed E-state index contributed by atoms with van der Waals surface area (Å²) in [6.45, 7) is 3.11. The number of aromatic nitrogens is 1. The van der Waals surface area contributed by atoms with Crippen molar-refractivity contribution < 1.29 is 17.3 Å². The molecule has 2 aromatic rings. The van der Waals surface area contributed by atoms with Crippen LogP contribution in [0.4, 0.5) is 16.0 Å². The molecule has 19 heavy (non-hydrogen) atoms. The topological polar surface area (TPSA) is 98.2 Å². The maximum Gasteiger partial charge on any atom is 0.264 e. The predicted molar refractivity (Wildman–Crippen MR) is 67.6 cm³/mol. The lowest BCUT2D eigenvalue weighted by Crippen LogP contribution is -2.13. The van der Waals surface area contributed by atoms with Gasteiger partial charge in [-0.3, -0.25) is 0 Å². The van der Waals surface area contributed by atoms with Crippen molar-refractivity contribution in [1.82, 2.24) is 5.16 Å². The second-order valence-electron chi connectivity index (χ2n) is 4.06. The summed E-state index contributed by atoms with van der Waals surface area (Å²) in [5.41, 5.74) is 6.34. The van der Waals surface area contributed by atoms with E-state index in [1.165, 1.54) is 19.1 Å². The van der Waals surface area contributed by atoms with Crippen LogP contribution >= 0.6 is 0 Å². The number of rotatable bonds is 3. The van der Waals surface area contributed by atoms with Gasteiger partial charge in [-0.2, -0.15) is 0 Å². The van der Waals surface area contributed by atoms with Crippen LogP contribution in [0.5, 0.6) is 0 Å². The Morgan fingerprint density at radius 3 is 2.53 bits per heavy atom. The first kappa shape index (κ1) is 13.3. The molecule has 0 amide bonds. The number of sulfonamides is 1. The van der Waals surface area contributed by atoms with Crippen molar-refractivity contribution in [3.05, 3.63) is 35.3 Å². The predicted octanol–water partition coefficient (Wildman–Crippen LogP) is 1.81. The van der Waals surface area contributed by atoms with Crippen molar-refractivity contribution in [2.24, 2.45) is 0 Å². The highest BCUT2D eigenvalue weighted by Gasteiger charge is 2.19. The third kappa shape index (κ3) is 2.68. The van der Waals surface area contributed by atoms with Crippen LogP contribution in [-0.4, -0.2) is 13.6 Å². The largest absolute Gasteiger partial charge is 0.398 e. The van der Waals surface area contributed by atoms with E-state index in [0.717, 1.165) is 6.07 Å². The molecule has 0 aliphatic rings. The standard InChI is InChI=1S/C11H12FN3O3S/c1-6-3-11(18-14-6)15-19(16,17)8-4-9(12)7(2)10(13)5-8/h3-5,15H,13H2,1-2H3. The van der Waals surface area contributed by atoms with Crippen molar-refractivity contribution in [3.63, 3.8) is 0 Å². The molecule has 1 aromatic carbocycles. The molecule has 8 heteroatoms. The quantitative estimate of drug-likeness (QED) is 0.838. The number of anilines is 2. The lowest BCUT2D eigenvalue weighted by atomic mass is 10.2. The molecule has 0 fully saturated rings. The molecule has 1 heterocycles. The molecule has 102 valence electrons. The molecule has 0 radical (unpaired) electrons. The molecule has 0 unspecified atom stereocenters. The number of aryl methyl sites for hydroxylation is 1. The molecule has 0 atom stereocenters. The fourth-order valence-electron chi connectivity index (χ4n) is 1.43. The van der Waals surface area contributed by atoms with Crippen molar-refractivity contribution in [2.45, 2.75) is 18.7 Å². The van der Waals surface area contributed by atoms with Crippen molar-refractivity contribution >= 4 is 21.6 Å². The van der Waals surface area contributed by atoms with Gasteiger partial charge in [0.2, 0.25) is 5.88 Å². The van der Waals surface area contributed by atoms with Gasteiger partial charge in [0.1, 0.15) is 5.82 Å². The molecule has 0 spiro atoms. The van der Waals surface area contributed by atoms with Gasteiger partial charge < -0.3 is 10.3 Å². The number of hydrogen-bond acceptors (Lipinski definition) is 5. The molecule has 0 bridgehead atoms. The Kier molecular flexibility index (Phi) is 3.19. The van der Waals surface area contributed by atoms with Gasteiger partial charge in [-0.25, -0.2) is 17.5 Å². The number of hydrogen-bond donors (Lipinski definition) is 2. The van der Waals surface area contributed by atoms with E-state index in [1.807, 2.05) is 0 Å². The van der Waals surface area contributed by atoms with E-state index in [2.05, 4.69) is 9.88 Å². The van der Waals surface area contributed by atoms with E-state index in [9.17, 15) is 12.8 Å². The molecule has 6 nitrogen and oxygen atoms in total. The molecular weight excluding hydrogens is 273 g/mol.